The largest absolute Gasteiger partial charge is 0.327 e. The summed E-state index contributed by atoms with van der Waals surface area (Å²) in [6.45, 7) is 5.27. The van der Waals surface area contributed by atoms with Crippen LogP contribution in [0.3, 0.4) is 0 Å². The average molecular weight is 241 g/mol. The van der Waals surface area contributed by atoms with Crippen LogP contribution in [0.15, 0.2) is 0 Å². The fraction of sp³-hybridized carbons (Fsp3) is 0.833. The molecule has 0 spiro atoms. The van der Waals surface area contributed by atoms with Gasteiger partial charge in [0.15, 0.2) is 0 Å². The fourth-order valence-corrected chi connectivity index (χ4v) is 1.93. The summed E-state index contributed by atoms with van der Waals surface area (Å²) >= 11 is 0. The van der Waals surface area contributed by atoms with Crippen molar-refractivity contribution in [1.82, 2.24) is 9.80 Å². The van der Waals surface area contributed by atoms with Gasteiger partial charge in [0.05, 0.1) is 12.6 Å². The lowest BCUT2D eigenvalue weighted by molar-refractivity contribution is -0.132. The van der Waals surface area contributed by atoms with Crippen LogP contribution in [0.25, 0.3) is 0 Å². The number of nitrogens with zero attached hydrogens (tertiary/aromatic N) is 2. The van der Waals surface area contributed by atoms with Gasteiger partial charge < -0.3 is 10.6 Å². The molecule has 1 fully saturated rings. The predicted molar refractivity (Wildman–Crippen MR) is 66.2 cm³/mol. The summed E-state index contributed by atoms with van der Waals surface area (Å²) in [6, 6.07) is -0.212. The molecule has 17 heavy (non-hydrogen) atoms. The third-order valence-corrected chi connectivity index (χ3v) is 3.05. The lowest BCUT2D eigenvalue weighted by Crippen LogP contribution is -2.60. The highest BCUT2D eigenvalue weighted by molar-refractivity contribution is 5.97. The molecular formula is C12H23N3O2. The van der Waals surface area contributed by atoms with Crippen molar-refractivity contribution in [3.63, 3.8) is 0 Å². The second-order valence-corrected chi connectivity index (χ2v) is 4.50. The van der Waals surface area contributed by atoms with Crippen molar-refractivity contribution in [2.75, 3.05) is 13.1 Å². The Morgan fingerprint density at radius 3 is 2.35 bits per heavy atom. The lowest BCUT2D eigenvalue weighted by atomic mass is 10.2. The maximum atomic E-state index is 12.1. The maximum Gasteiger partial charge on any atom is 0.327 e. The topological polar surface area (TPSA) is 66.6 Å². The third-order valence-electron chi connectivity index (χ3n) is 3.05. The van der Waals surface area contributed by atoms with Crippen LogP contribution in [-0.2, 0) is 4.79 Å². The van der Waals surface area contributed by atoms with Crippen molar-refractivity contribution in [3.05, 3.63) is 0 Å². The minimum absolute atomic E-state index is 0.135. The first-order chi connectivity index (χ1) is 8.11. The van der Waals surface area contributed by atoms with Gasteiger partial charge in [0.25, 0.3) is 0 Å². The molecule has 1 heterocycles. The van der Waals surface area contributed by atoms with Crippen LogP contribution in [0.4, 0.5) is 4.79 Å². The van der Waals surface area contributed by atoms with Gasteiger partial charge in [-0.15, -0.1) is 0 Å². The van der Waals surface area contributed by atoms with E-state index in [0.29, 0.717) is 13.1 Å². The quantitative estimate of drug-likeness (QED) is 0.766. The minimum atomic E-state index is -0.445. The van der Waals surface area contributed by atoms with Crippen LogP contribution in [0.5, 0.6) is 0 Å². The molecule has 5 nitrogen and oxygen atoms in total. The molecular weight excluding hydrogens is 218 g/mol. The number of nitrogens with two attached hydrogens (primary N) is 1. The van der Waals surface area contributed by atoms with Crippen LogP contribution >= 0.6 is 0 Å². The highest BCUT2D eigenvalue weighted by Gasteiger charge is 2.35. The molecule has 0 radical (unpaired) electrons. The molecule has 3 amide bonds. The van der Waals surface area contributed by atoms with Crippen molar-refractivity contribution >= 4 is 11.9 Å². The Labute approximate surface area is 103 Å². The van der Waals surface area contributed by atoms with Crippen molar-refractivity contribution < 1.29 is 9.59 Å². The van der Waals surface area contributed by atoms with E-state index in [0.717, 1.165) is 25.7 Å². The molecule has 0 aromatic heterocycles. The Morgan fingerprint density at radius 1 is 1.18 bits per heavy atom. The lowest BCUT2D eigenvalue weighted by Gasteiger charge is -2.38. The SMILES string of the molecule is CCCCN1C(=O)CC(N)N(CCCC)C1=O. The van der Waals surface area contributed by atoms with Crippen LogP contribution in [0.2, 0.25) is 0 Å². The Kier molecular flexibility index (Phi) is 5.41. The van der Waals surface area contributed by atoms with Gasteiger partial charge in [0.1, 0.15) is 0 Å². The second-order valence-electron chi connectivity index (χ2n) is 4.50. The fourth-order valence-electron chi connectivity index (χ4n) is 1.93. The van der Waals surface area contributed by atoms with Gasteiger partial charge in [-0.05, 0) is 12.8 Å². The zero-order valence-electron chi connectivity index (χ0n) is 10.8. The van der Waals surface area contributed by atoms with E-state index in [1.54, 1.807) is 4.90 Å². The van der Waals surface area contributed by atoms with E-state index in [4.69, 9.17) is 5.73 Å². The van der Waals surface area contributed by atoms with Gasteiger partial charge in [0, 0.05) is 13.1 Å². The van der Waals surface area contributed by atoms with E-state index in [9.17, 15) is 9.59 Å². The van der Waals surface area contributed by atoms with E-state index in [2.05, 4.69) is 6.92 Å². The number of amides is 3. The van der Waals surface area contributed by atoms with Crippen LogP contribution in [0.1, 0.15) is 46.0 Å². The maximum absolute atomic E-state index is 12.1. The normalized spacial score (nSPS) is 21.2. The third kappa shape index (κ3) is 3.43. The highest BCUT2D eigenvalue weighted by Crippen LogP contribution is 2.16. The molecule has 98 valence electrons. The first kappa shape index (κ1) is 14.0. The molecule has 5 heteroatoms. The van der Waals surface area contributed by atoms with Crippen molar-refractivity contribution in [2.45, 2.75) is 52.1 Å². The van der Waals surface area contributed by atoms with Crippen LogP contribution in [-0.4, -0.2) is 41.0 Å². The summed E-state index contributed by atoms with van der Waals surface area (Å²) in [4.78, 5) is 26.8. The summed E-state index contributed by atoms with van der Waals surface area (Å²) < 4.78 is 0. The molecule has 1 aliphatic rings. The molecule has 1 rings (SSSR count). The second kappa shape index (κ2) is 6.59. The summed E-state index contributed by atoms with van der Waals surface area (Å²) in [5.41, 5.74) is 5.85. The molecule has 0 bridgehead atoms. The number of unbranched alkanes of at least 4 members (excludes halogenated alkanes) is 2. The Hall–Kier alpha value is -1.10. The number of urea groups is 1. The molecule has 2 N–H and O–H groups in total. The minimum Gasteiger partial charge on any atom is -0.311 e. The van der Waals surface area contributed by atoms with E-state index >= 15 is 0 Å². The number of imide groups is 1. The van der Waals surface area contributed by atoms with Crippen LogP contribution < -0.4 is 5.73 Å². The van der Waals surface area contributed by atoms with Gasteiger partial charge in [-0.3, -0.25) is 9.69 Å². The van der Waals surface area contributed by atoms with Gasteiger partial charge in [-0.1, -0.05) is 26.7 Å². The zero-order chi connectivity index (χ0) is 12.8. The summed E-state index contributed by atoms with van der Waals surface area (Å²) in [5.74, 6) is -0.135. The molecule has 1 aliphatic heterocycles. The van der Waals surface area contributed by atoms with Gasteiger partial charge in [-0.2, -0.15) is 0 Å². The summed E-state index contributed by atoms with van der Waals surface area (Å²) in [6.07, 6.45) is 3.57. The Morgan fingerprint density at radius 2 is 1.76 bits per heavy atom. The average Bonchev–Trinajstić information content (AvgIpc) is 2.28. The first-order valence-corrected chi connectivity index (χ1v) is 6.48. The number of rotatable bonds is 6. The number of carbonyl (C=O) groups is 2. The first-order valence-electron chi connectivity index (χ1n) is 6.48. The molecule has 1 saturated heterocycles. The Balaban J connectivity index is 2.65. The highest BCUT2D eigenvalue weighted by atomic mass is 16.2. The van der Waals surface area contributed by atoms with Gasteiger partial charge in [-0.25, -0.2) is 4.79 Å². The van der Waals surface area contributed by atoms with E-state index < -0.39 is 6.17 Å². The van der Waals surface area contributed by atoms with Crippen molar-refractivity contribution in [2.24, 2.45) is 5.73 Å². The van der Waals surface area contributed by atoms with E-state index in [-0.39, 0.29) is 18.4 Å². The van der Waals surface area contributed by atoms with Crippen molar-refractivity contribution in [1.29, 1.82) is 0 Å². The predicted octanol–water partition coefficient (Wildman–Crippen LogP) is 1.53. The standard InChI is InChI=1S/C12H23N3O2/c1-3-5-7-14-10(13)9-11(16)15(12(14)17)8-6-4-2/h10H,3-9,13H2,1-2H3. The van der Waals surface area contributed by atoms with Crippen LogP contribution in [0, 0.1) is 0 Å². The molecule has 0 aromatic rings. The van der Waals surface area contributed by atoms with E-state index in [1.807, 2.05) is 6.92 Å². The zero-order valence-corrected chi connectivity index (χ0v) is 10.8. The monoisotopic (exact) mass is 241 g/mol. The molecule has 0 aromatic carbocycles. The Bertz CT molecular complexity index is 281. The number of hydrogen-bond donors (Lipinski definition) is 1. The van der Waals surface area contributed by atoms with Crippen molar-refractivity contribution in [3.8, 4) is 0 Å². The number of carbonyl (C=O) groups excluding carboxylic acids is 2. The van der Waals surface area contributed by atoms with E-state index in [1.165, 1.54) is 4.90 Å². The van der Waals surface area contributed by atoms with Gasteiger partial charge >= 0.3 is 6.03 Å². The van der Waals surface area contributed by atoms with Gasteiger partial charge in [0.2, 0.25) is 5.91 Å². The smallest absolute Gasteiger partial charge is 0.311 e. The molecule has 0 aliphatic carbocycles. The summed E-state index contributed by atoms with van der Waals surface area (Å²) in [5, 5.41) is 0. The molecule has 1 atom stereocenters. The molecule has 0 saturated carbocycles. The molecule has 1 unspecified atom stereocenters. The summed E-state index contributed by atoms with van der Waals surface area (Å²) in [7, 11) is 0. The number of hydrogen-bond acceptors (Lipinski definition) is 3.